The van der Waals surface area contributed by atoms with Gasteiger partial charge in [-0.2, -0.15) is 0 Å². The van der Waals surface area contributed by atoms with Gasteiger partial charge in [0.2, 0.25) is 15.9 Å². The summed E-state index contributed by atoms with van der Waals surface area (Å²) in [7, 11) is -2.49. The van der Waals surface area contributed by atoms with Crippen LogP contribution in [0.2, 0.25) is 0 Å². The van der Waals surface area contributed by atoms with Crippen molar-refractivity contribution in [3.05, 3.63) is 36.4 Å². The van der Waals surface area contributed by atoms with E-state index in [9.17, 15) is 18.3 Å². The normalized spacial score (nSPS) is 25.0. The van der Waals surface area contributed by atoms with Gasteiger partial charge >= 0.3 is 0 Å². The van der Waals surface area contributed by atoms with Crippen LogP contribution in [-0.4, -0.2) is 69.4 Å². The summed E-state index contributed by atoms with van der Waals surface area (Å²) in [6, 6.07) is 5.55. The fourth-order valence-corrected chi connectivity index (χ4v) is 5.03. The number of aliphatic hydroxyl groups is 1. The molecule has 1 fully saturated rings. The highest BCUT2D eigenvalue weighted by Crippen LogP contribution is 2.25. The first kappa shape index (κ1) is 21.8. The SMILES string of the molecule is COc1ccccc1S(=O)(=O)N[C@H]1C=C[C@H](CC(=O)N2CCCCC2)O[C@H]1CO. The van der Waals surface area contributed by atoms with E-state index in [0.29, 0.717) is 0 Å². The van der Waals surface area contributed by atoms with Crippen molar-refractivity contribution in [2.75, 3.05) is 26.8 Å². The van der Waals surface area contributed by atoms with Crippen LogP contribution in [-0.2, 0) is 19.6 Å². The first-order chi connectivity index (χ1) is 13.9. The van der Waals surface area contributed by atoms with Gasteiger partial charge in [-0.25, -0.2) is 13.1 Å². The number of carbonyl (C=O) groups excluding carboxylic acids is 1. The number of hydrogen-bond donors (Lipinski definition) is 2. The van der Waals surface area contributed by atoms with E-state index in [4.69, 9.17) is 9.47 Å². The molecular weight excluding hydrogens is 396 g/mol. The zero-order chi connectivity index (χ0) is 20.9. The van der Waals surface area contributed by atoms with Gasteiger partial charge in [-0.15, -0.1) is 0 Å². The van der Waals surface area contributed by atoms with Crippen molar-refractivity contribution >= 4 is 15.9 Å². The number of benzene rings is 1. The number of rotatable bonds is 7. The van der Waals surface area contributed by atoms with E-state index >= 15 is 0 Å². The number of methoxy groups -OCH3 is 1. The number of amides is 1. The summed E-state index contributed by atoms with van der Waals surface area (Å²) in [4.78, 5) is 14.3. The van der Waals surface area contributed by atoms with Crippen LogP contribution in [0.3, 0.4) is 0 Å². The van der Waals surface area contributed by atoms with Crippen molar-refractivity contribution in [3.63, 3.8) is 0 Å². The van der Waals surface area contributed by atoms with Crippen molar-refractivity contribution in [1.82, 2.24) is 9.62 Å². The maximum absolute atomic E-state index is 12.8. The van der Waals surface area contributed by atoms with E-state index in [0.717, 1.165) is 32.4 Å². The minimum absolute atomic E-state index is 0.00925. The highest BCUT2D eigenvalue weighted by Gasteiger charge is 2.33. The van der Waals surface area contributed by atoms with Gasteiger partial charge in [0.25, 0.3) is 0 Å². The topological polar surface area (TPSA) is 105 Å². The molecule has 9 heteroatoms. The van der Waals surface area contributed by atoms with Crippen LogP contribution in [0.1, 0.15) is 25.7 Å². The lowest BCUT2D eigenvalue weighted by Gasteiger charge is -2.33. The molecule has 0 bridgehead atoms. The Kier molecular flexibility index (Phi) is 7.28. The summed E-state index contributed by atoms with van der Waals surface area (Å²) in [5.74, 6) is 0.246. The third kappa shape index (κ3) is 5.36. The maximum atomic E-state index is 12.8. The number of sulfonamides is 1. The van der Waals surface area contributed by atoms with Crippen LogP contribution >= 0.6 is 0 Å². The Morgan fingerprint density at radius 3 is 2.66 bits per heavy atom. The molecule has 2 heterocycles. The Hall–Kier alpha value is -1.94. The predicted octanol–water partition coefficient (Wildman–Crippen LogP) is 1.06. The van der Waals surface area contributed by atoms with Crippen molar-refractivity contribution < 1.29 is 27.8 Å². The first-order valence-electron chi connectivity index (χ1n) is 9.82. The van der Waals surface area contributed by atoms with Gasteiger partial charge < -0.3 is 19.5 Å². The first-order valence-corrected chi connectivity index (χ1v) is 11.3. The molecule has 160 valence electrons. The zero-order valence-electron chi connectivity index (χ0n) is 16.5. The Morgan fingerprint density at radius 2 is 1.97 bits per heavy atom. The fourth-order valence-electron chi connectivity index (χ4n) is 3.64. The molecule has 3 atom stereocenters. The molecule has 0 aliphatic carbocycles. The van der Waals surface area contributed by atoms with Gasteiger partial charge in [-0.1, -0.05) is 24.3 Å². The second-order valence-corrected chi connectivity index (χ2v) is 8.91. The molecule has 3 rings (SSSR count). The fraction of sp³-hybridized carbons (Fsp3) is 0.550. The second-order valence-electron chi connectivity index (χ2n) is 7.22. The number of para-hydroxylation sites is 1. The van der Waals surface area contributed by atoms with E-state index in [1.165, 1.54) is 13.2 Å². The summed E-state index contributed by atoms with van der Waals surface area (Å²) < 4.78 is 39.1. The van der Waals surface area contributed by atoms with Crippen LogP contribution < -0.4 is 9.46 Å². The van der Waals surface area contributed by atoms with Crippen molar-refractivity contribution in [3.8, 4) is 5.75 Å². The highest BCUT2D eigenvalue weighted by atomic mass is 32.2. The summed E-state index contributed by atoms with van der Waals surface area (Å²) in [5.41, 5.74) is 0. The smallest absolute Gasteiger partial charge is 0.244 e. The third-order valence-electron chi connectivity index (χ3n) is 5.20. The number of hydrogen-bond acceptors (Lipinski definition) is 6. The van der Waals surface area contributed by atoms with E-state index < -0.39 is 28.3 Å². The van der Waals surface area contributed by atoms with Crippen LogP contribution in [0.15, 0.2) is 41.3 Å². The van der Waals surface area contributed by atoms with Gasteiger partial charge in [0, 0.05) is 13.1 Å². The third-order valence-corrected chi connectivity index (χ3v) is 6.70. The van der Waals surface area contributed by atoms with Gasteiger partial charge in [-0.05, 0) is 31.4 Å². The summed E-state index contributed by atoms with van der Waals surface area (Å²) in [6.07, 6.45) is 5.40. The lowest BCUT2D eigenvalue weighted by Crippen LogP contribution is -2.49. The lowest BCUT2D eigenvalue weighted by atomic mass is 10.0. The molecule has 1 aromatic carbocycles. The van der Waals surface area contributed by atoms with E-state index in [1.807, 2.05) is 4.90 Å². The number of nitrogens with one attached hydrogen (secondary N) is 1. The van der Waals surface area contributed by atoms with Gasteiger partial charge in [0.1, 0.15) is 16.7 Å². The standard InChI is InChI=1S/C20H28N2O6S/c1-27-17-7-3-4-8-19(17)29(25,26)21-16-10-9-15(28-18(16)14-23)13-20(24)22-11-5-2-6-12-22/h3-4,7-10,15-16,18,21,23H,2,5-6,11-14H2,1H3/t15-,16+,18+/m1/s1. The molecule has 1 saturated heterocycles. The van der Waals surface area contributed by atoms with E-state index in [-0.39, 0.29) is 29.6 Å². The van der Waals surface area contributed by atoms with Crippen LogP contribution in [0.25, 0.3) is 0 Å². The van der Waals surface area contributed by atoms with Crippen LogP contribution in [0, 0.1) is 0 Å². The summed E-state index contributed by atoms with van der Waals surface area (Å²) in [5, 5.41) is 9.72. The monoisotopic (exact) mass is 424 g/mol. The predicted molar refractivity (Wildman–Crippen MR) is 107 cm³/mol. The number of ether oxygens (including phenoxy) is 2. The molecule has 1 amide bonds. The maximum Gasteiger partial charge on any atom is 0.244 e. The number of aliphatic hydroxyl groups excluding tert-OH is 1. The van der Waals surface area contributed by atoms with E-state index in [2.05, 4.69) is 4.72 Å². The van der Waals surface area contributed by atoms with Crippen LogP contribution in [0.5, 0.6) is 5.75 Å². The molecule has 0 radical (unpaired) electrons. The van der Waals surface area contributed by atoms with Crippen molar-refractivity contribution in [2.45, 2.75) is 48.8 Å². The van der Waals surface area contributed by atoms with Crippen molar-refractivity contribution in [2.24, 2.45) is 0 Å². The molecule has 8 nitrogen and oxygen atoms in total. The second kappa shape index (κ2) is 9.71. The Labute approximate surface area is 171 Å². The summed E-state index contributed by atoms with van der Waals surface area (Å²) in [6.45, 7) is 1.15. The van der Waals surface area contributed by atoms with E-state index in [1.54, 1.807) is 30.4 Å². The highest BCUT2D eigenvalue weighted by molar-refractivity contribution is 7.89. The van der Waals surface area contributed by atoms with Crippen LogP contribution in [0.4, 0.5) is 0 Å². The molecule has 2 aliphatic rings. The summed E-state index contributed by atoms with van der Waals surface area (Å²) >= 11 is 0. The molecule has 0 spiro atoms. The Morgan fingerprint density at radius 1 is 1.24 bits per heavy atom. The number of piperidine rings is 1. The Balaban J connectivity index is 1.67. The van der Waals surface area contributed by atoms with Crippen molar-refractivity contribution in [1.29, 1.82) is 0 Å². The quantitative estimate of drug-likeness (QED) is 0.634. The molecule has 0 aromatic heterocycles. The number of likely N-dealkylation sites (tertiary alicyclic amines) is 1. The minimum atomic E-state index is -3.90. The van der Waals surface area contributed by atoms with Gasteiger partial charge in [-0.3, -0.25) is 4.79 Å². The average Bonchev–Trinajstić information content (AvgIpc) is 2.75. The zero-order valence-corrected chi connectivity index (χ0v) is 17.3. The number of carbonyl (C=O) groups is 1. The minimum Gasteiger partial charge on any atom is -0.495 e. The molecule has 0 unspecified atom stereocenters. The molecule has 0 saturated carbocycles. The van der Waals surface area contributed by atoms with Gasteiger partial charge in [0.15, 0.2) is 0 Å². The number of nitrogens with zero attached hydrogens (tertiary/aromatic N) is 1. The molecule has 1 aromatic rings. The Bertz CT molecular complexity index is 835. The molecular formula is C20H28N2O6S. The van der Waals surface area contributed by atoms with Gasteiger partial charge in [0.05, 0.1) is 32.3 Å². The largest absolute Gasteiger partial charge is 0.495 e. The average molecular weight is 425 g/mol. The molecule has 2 aliphatic heterocycles. The molecule has 2 N–H and O–H groups in total. The molecule has 29 heavy (non-hydrogen) atoms. The lowest BCUT2D eigenvalue weighted by molar-refractivity contribution is -0.136.